The van der Waals surface area contributed by atoms with Crippen LogP contribution in [0.2, 0.25) is 0 Å². The Morgan fingerprint density at radius 1 is 1.00 bits per heavy atom. The van der Waals surface area contributed by atoms with E-state index in [-0.39, 0.29) is 35.9 Å². The zero-order chi connectivity index (χ0) is 21.0. The number of carbonyl (C=O) groups excluding carboxylic acids is 1. The number of fused-ring (bicyclic) bond motifs is 1. The number of amides is 1. The molecule has 0 atom stereocenters. The highest BCUT2D eigenvalue weighted by atomic mass is 32.2. The Morgan fingerprint density at radius 3 is 2.45 bits per heavy atom. The zero-order valence-electron chi connectivity index (χ0n) is 15.7. The fourth-order valence-electron chi connectivity index (χ4n) is 2.89. The first-order chi connectivity index (χ1) is 13.8. The lowest BCUT2D eigenvalue weighted by Gasteiger charge is -2.18. The zero-order valence-corrected chi connectivity index (χ0v) is 16.5. The fraction of sp³-hybridized carbons (Fsp3) is 0.190. The summed E-state index contributed by atoms with van der Waals surface area (Å²) in [5.74, 6) is -1.79. The second-order valence-electron chi connectivity index (χ2n) is 6.64. The van der Waals surface area contributed by atoms with Crippen molar-refractivity contribution in [2.75, 3.05) is 13.6 Å². The highest BCUT2D eigenvalue weighted by Gasteiger charge is 2.17. The lowest BCUT2D eigenvalue weighted by atomic mass is 10.1. The summed E-state index contributed by atoms with van der Waals surface area (Å²) < 4.78 is 54.0. The number of benzene rings is 3. The van der Waals surface area contributed by atoms with Crippen molar-refractivity contribution in [2.24, 2.45) is 0 Å². The molecule has 0 unspecified atom stereocenters. The second kappa shape index (κ2) is 8.67. The Morgan fingerprint density at radius 2 is 1.72 bits per heavy atom. The Balaban J connectivity index is 1.58. The summed E-state index contributed by atoms with van der Waals surface area (Å²) in [6, 6.07) is 15.4. The largest absolute Gasteiger partial charge is 0.341 e. The molecule has 0 fully saturated rings. The van der Waals surface area contributed by atoms with Crippen molar-refractivity contribution in [1.82, 2.24) is 9.62 Å². The molecule has 0 aliphatic heterocycles. The summed E-state index contributed by atoms with van der Waals surface area (Å²) in [6.45, 7) is -0.132. The Labute approximate surface area is 168 Å². The van der Waals surface area contributed by atoms with Crippen molar-refractivity contribution < 1.29 is 22.0 Å². The van der Waals surface area contributed by atoms with Crippen LogP contribution in [-0.2, 0) is 21.4 Å². The Kier molecular flexibility index (Phi) is 6.24. The molecule has 5 nitrogen and oxygen atoms in total. The van der Waals surface area contributed by atoms with Gasteiger partial charge in [-0.2, -0.15) is 0 Å². The van der Waals surface area contributed by atoms with Gasteiger partial charge in [-0.1, -0.05) is 36.4 Å². The molecule has 3 aromatic rings. The first-order valence-corrected chi connectivity index (χ1v) is 10.4. The van der Waals surface area contributed by atoms with Crippen LogP contribution >= 0.6 is 0 Å². The van der Waals surface area contributed by atoms with Crippen molar-refractivity contribution in [3.63, 3.8) is 0 Å². The maximum Gasteiger partial charge on any atom is 0.240 e. The van der Waals surface area contributed by atoms with Gasteiger partial charge in [-0.05, 0) is 29.0 Å². The topological polar surface area (TPSA) is 66.5 Å². The fourth-order valence-corrected chi connectivity index (χ4v) is 3.96. The van der Waals surface area contributed by atoms with E-state index in [1.807, 2.05) is 24.3 Å². The highest BCUT2D eigenvalue weighted by molar-refractivity contribution is 7.89. The van der Waals surface area contributed by atoms with Crippen molar-refractivity contribution in [3.8, 4) is 0 Å². The second-order valence-corrected chi connectivity index (χ2v) is 8.41. The standard InChI is InChI=1S/C21H20F2N2O3S/c1-25(14-17-6-8-18(22)13-20(17)23)21(26)10-11-24-29(27,28)19-9-7-15-4-2-3-5-16(15)12-19/h2-9,12-13,24H,10-11,14H2,1H3. The average Bonchev–Trinajstić information content (AvgIpc) is 2.69. The molecule has 0 saturated carbocycles. The summed E-state index contributed by atoms with van der Waals surface area (Å²) in [7, 11) is -2.29. The molecule has 0 heterocycles. The van der Waals surface area contributed by atoms with E-state index < -0.39 is 21.7 Å². The number of nitrogens with zero attached hydrogens (tertiary/aromatic N) is 1. The smallest absolute Gasteiger partial charge is 0.240 e. The minimum atomic E-state index is -3.77. The van der Waals surface area contributed by atoms with Crippen LogP contribution in [0.15, 0.2) is 65.6 Å². The maximum atomic E-state index is 13.7. The monoisotopic (exact) mass is 418 g/mol. The molecule has 3 rings (SSSR count). The van der Waals surface area contributed by atoms with Gasteiger partial charge >= 0.3 is 0 Å². The molecule has 1 N–H and O–H groups in total. The third kappa shape index (κ3) is 5.16. The van der Waals surface area contributed by atoms with Crippen LogP contribution in [0.1, 0.15) is 12.0 Å². The van der Waals surface area contributed by atoms with Gasteiger partial charge in [-0.25, -0.2) is 21.9 Å². The van der Waals surface area contributed by atoms with Gasteiger partial charge in [0.1, 0.15) is 11.6 Å². The summed E-state index contributed by atoms with van der Waals surface area (Å²) in [4.78, 5) is 13.6. The summed E-state index contributed by atoms with van der Waals surface area (Å²) in [5, 5.41) is 1.73. The predicted molar refractivity (Wildman–Crippen MR) is 107 cm³/mol. The highest BCUT2D eigenvalue weighted by Crippen LogP contribution is 2.19. The summed E-state index contributed by atoms with van der Waals surface area (Å²) in [6.07, 6.45) is -0.0911. The molecule has 0 radical (unpaired) electrons. The van der Waals surface area contributed by atoms with E-state index in [0.717, 1.165) is 22.9 Å². The third-order valence-corrected chi connectivity index (χ3v) is 5.97. The Bertz CT molecular complexity index is 1150. The van der Waals surface area contributed by atoms with Gasteiger partial charge in [0.05, 0.1) is 4.90 Å². The molecule has 3 aromatic carbocycles. The molecule has 152 valence electrons. The van der Waals surface area contributed by atoms with E-state index in [4.69, 9.17) is 0 Å². The lowest BCUT2D eigenvalue weighted by molar-refractivity contribution is -0.130. The van der Waals surface area contributed by atoms with E-state index in [1.54, 1.807) is 12.1 Å². The van der Waals surface area contributed by atoms with Crippen molar-refractivity contribution >= 4 is 26.7 Å². The molecule has 0 saturated heterocycles. The van der Waals surface area contributed by atoms with Crippen LogP contribution in [0, 0.1) is 11.6 Å². The SMILES string of the molecule is CN(Cc1ccc(F)cc1F)C(=O)CCNS(=O)(=O)c1ccc2ccccc2c1. The van der Waals surface area contributed by atoms with Crippen LogP contribution in [0.5, 0.6) is 0 Å². The first kappa shape index (κ1) is 20.9. The van der Waals surface area contributed by atoms with Crippen LogP contribution in [0.25, 0.3) is 10.8 Å². The number of hydrogen-bond acceptors (Lipinski definition) is 3. The molecule has 0 aliphatic carbocycles. The van der Waals surface area contributed by atoms with Gasteiger partial charge < -0.3 is 4.90 Å². The molecular formula is C21H20F2N2O3S. The van der Waals surface area contributed by atoms with Crippen LogP contribution < -0.4 is 4.72 Å². The van der Waals surface area contributed by atoms with Crippen molar-refractivity contribution in [1.29, 1.82) is 0 Å². The minimum Gasteiger partial charge on any atom is -0.341 e. The first-order valence-electron chi connectivity index (χ1n) is 8.92. The number of rotatable bonds is 7. The van der Waals surface area contributed by atoms with Gasteiger partial charge in [-0.3, -0.25) is 4.79 Å². The van der Waals surface area contributed by atoms with Crippen molar-refractivity contribution in [3.05, 3.63) is 77.9 Å². The molecule has 0 aromatic heterocycles. The van der Waals surface area contributed by atoms with Gasteiger partial charge in [0, 0.05) is 38.2 Å². The average molecular weight is 418 g/mol. The number of nitrogens with one attached hydrogen (secondary N) is 1. The van der Waals surface area contributed by atoms with Gasteiger partial charge in [0.15, 0.2) is 0 Å². The van der Waals surface area contributed by atoms with Crippen LogP contribution in [-0.4, -0.2) is 32.8 Å². The minimum absolute atomic E-state index is 0.0393. The predicted octanol–water partition coefficient (Wildman–Crippen LogP) is 3.45. The lowest BCUT2D eigenvalue weighted by Crippen LogP contribution is -2.32. The molecule has 29 heavy (non-hydrogen) atoms. The summed E-state index contributed by atoms with van der Waals surface area (Å²) >= 11 is 0. The molecule has 0 spiro atoms. The number of hydrogen-bond donors (Lipinski definition) is 1. The van der Waals surface area contributed by atoms with Gasteiger partial charge in [0.2, 0.25) is 15.9 Å². The maximum absolute atomic E-state index is 13.7. The van der Waals surface area contributed by atoms with Gasteiger partial charge in [0.25, 0.3) is 0 Å². The van der Waals surface area contributed by atoms with E-state index in [1.165, 1.54) is 24.1 Å². The number of halogens is 2. The molecule has 0 aliphatic rings. The number of carbonyl (C=O) groups is 1. The number of sulfonamides is 1. The van der Waals surface area contributed by atoms with Crippen LogP contribution in [0.3, 0.4) is 0 Å². The van der Waals surface area contributed by atoms with Gasteiger partial charge in [-0.15, -0.1) is 0 Å². The quantitative estimate of drug-likeness (QED) is 0.639. The Hall–Kier alpha value is -2.84. The van der Waals surface area contributed by atoms with E-state index in [2.05, 4.69) is 4.72 Å². The van der Waals surface area contributed by atoms with E-state index >= 15 is 0 Å². The summed E-state index contributed by atoms with van der Waals surface area (Å²) in [5.41, 5.74) is 0.180. The normalized spacial score (nSPS) is 11.6. The molecule has 0 bridgehead atoms. The molecule has 8 heteroatoms. The molecular weight excluding hydrogens is 398 g/mol. The third-order valence-electron chi connectivity index (χ3n) is 4.51. The van der Waals surface area contributed by atoms with E-state index in [9.17, 15) is 22.0 Å². The van der Waals surface area contributed by atoms with Crippen LogP contribution in [0.4, 0.5) is 8.78 Å². The molecule has 1 amide bonds. The van der Waals surface area contributed by atoms with Crippen molar-refractivity contribution in [2.45, 2.75) is 17.9 Å². The van der Waals surface area contributed by atoms with E-state index in [0.29, 0.717) is 0 Å².